The number of anilines is 1. The van der Waals surface area contributed by atoms with E-state index in [4.69, 9.17) is 14.2 Å². The molecule has 0 N–H and O–H groups in total. The average molecular weight is 469 g/mol. The number of carbonyl (C=O) groups excluding carboxylic acids is 2. The van der Waals surface area contributed by atoms with Gasteiger partial charge in [0.2, 0.25) is 11.8 Å². The van der Waals surface area contributed by atoms with Crippen LogP contribution in [-0.2, 0) is 9.59 Å². The third kappa shape index (κ3) is 5.29. The van der Waals surface area contributed by atoms with Gasteiger partial charge < -0.3 is 24.0 Å². The molecule has 1 saturated heterocycles. The number of benzene rings is 2. The van der Waals surface area contributed by atoms with Gasteiger partial charge in [0, 0.05) is 25.2 Å². The summed E-state index contributed by atoms with van der Waals surface area (Å²) in [5.41, 5.74) is 1.58. The number of ether oxygens (including phenoxy) is 3. The highest BCUT2D eigenvalue weighted by molar-refractivity contribution is 5.97. The summed E-state index contributed by atoms with van der Waals surface area (Å²) in [5, 5.41) is 0. The molecule has 34 heavy (non-hydrogen) atoms. The zero-order valence-corrected chi connectivity index (χ0v) is 20.9. The number of carbonyl (C=O) groups is 2. The molecule has 1 aliphatic rings. The molecule has 0 spiro atoms. The lowest BCUT2D eigenvalue weighted by Gasteiger charge is -2.42. The summed E-state index contributed by atoms with van der Waals surface area (Å²) in [6.45, 7) is 5.49. The fourth-order valence-electron chi connectivity index (χ4n) is 4.62. The zero-order valence-electron chi connectivity index (χ0n) is 20.9. The molecule has 7 heteroatoms. The van der Waals surface area contributed by atoms with E-state index in [0.717, 1.165) is 30.6 Å². The summed E-state index contributed by atoms with van der Waals surface area (Å²) in [5.74, 6) is 1.59. The molecule has 2 aromatic rings. The molecule has 2 amide bonds. The van der Waals surface area contributed by atoms with Crippen LogP contribution in [0.15, 0.2) is 42.5 Å². The number of piperidine rings is 1. The summed E-state index contributed by atoms with van der Waals surface area (Å²) < 4.78 is 16.3. The molecule has 0 radical (unpaired) electrons. The van der Waals surface area contributed by atoms with Crippen molar-refractivity contribution in [2.75, 3.05) is 39.3 Å². The van der Waals surface area contributed by atoms with E-state index >= 15 is 0 Å². The Kier molecular flexibility index (Phi) is 8.79. The number of nitrogens with zero attached hydrogens (tertiary/aromatic N) is 2. The number of unbranched alkanes of at least 4 members (excludes halogenated alkanes) is 1. The van der Waals surface area contributed by atoms with Crippen molar-refractivity contribution in [3.63, 3.8) is 0 Å². The van der Waals surface area contributed by atoms with Crippen molar-refractivity contribution in [1.82, 2.24) is 4.90 Å². The highest BCUT2D eigenvalue weighted by atomic mass is 16.5. The summed E-state index contributed by atoms with van der Waals surface area (Å²) in [4.78, 5) is 30.8. The van der Waals surface area contributed by atoms with E-state index < -0.39 is 6.04 Å². The third-order valence-corrected chi connectivity index (χ3v) is 6.49. The van der Waals surface area contributed by atoms with Crippen LogP contribution in [0.2, 0.25) is 0 Å². The minimum Gasteiger partial charge on any atom is -0.497 e. The van der Waals surface area contributed by atoms with Crippen molar-refractivity contribution in [2.24, 2.45) is 5.92 Å². The Labute approximate surface area is 202 Å². The van der Waals surface area contributed by atoms with Gasteiger partial charge in [-0.05, 0) is 61.7 Å². The fourth-order valence-corrected chi connectivity index (χ4v) is 4.62. The van der Waals surface area contributed by atoms with E-state index in [0.29, 0.717) is 36.6 Å². The smallest absolute Gasteiger partial charge is 0.228 e. The van der Waals surface area contributed by atoms with Gasteiger partial charge in [0.05, 0.1) is 33.3 Å². The fraction of sp³-hybridized carbons (Fsp3) is 0.481. The predicted molar refractivity (Wildman–Crippen MR) is 133 cm³/mol. The van der Waals surface area contributed by atoms with Gasteiger partial charge in [-0.15, -0.1) is 0 Å². The van der Waals surface area contributed by atoms with Crippen molar-refractivity contribution >= 4 is 17.5 Å². The maximum Gasteiger partial charge on any atom is 0.228 e. The Hall–Kier alpha value is -3.22. The van der Waals surface area contributed by atoms with Crippen molar-refractivity contribution in [3.05, 3.63) is 48.0 Å². The summed E-state index contributed by atoms with van der Waals surface area (Å²) >= 11 is 0. The second-order valence-corrected chi connectivity index (χ2v) is 8.44. The van der Waals surface area contributed by atoms with Crippen molar-refractivity contribution in [1.29, 1.82) is 0 Å². The molecule has 3 rings (SSSR count). The normalized spacial score (nSPS) is 17.9. The first-order valence-electron chi connectivity index (χ1n) is 12.0. The number of hydrogen-bond acceptors (Lipinski definition) is 5. The molecular formula is C27H36N2O5. The van der Waals surface area contributed by atoms with Crippen LogP contribution >= 0.6 is 0 Å². The van der Waals surface area contributed by atoms with Crippen LogP contribution in [0.1, 0.15) is 51.1 Å². The number of rotatable bonds is 10. The Morgan fingerprint density at radius 1 is 1.00 bits per heavy atom. The SMILES string of the molecule is CCCCN(CC)C(=O)[C@@H]1CCC(=O)N(c2ccc(OC)cc2)[C@H]1c1ccc(OC)c(OC)c1. The van der Waals surface area contributed by atoms with Crippen LogP contribution in [0.3, 0.4) is 0 Å². The maximum absolute atomic E-state index is 13.8. The van der Waals surface area contributed by atoms with Gasteiger partial charge in [-0.3, -0.25) is 9.59 Å². The molecule has 0 aromatic heterocycles. The Balaban J connectivity index is 2.10. The number of hydrogen-bond donors (Lipinski definition) is 0. The molecule has 1 heterocycles. The Morgan fingerprint density at radius 3 is 2.29 bits per heavy atom. The molecule has 1 fully saturated rings. The molecule has 2 atom stereocenters. The van der Waals surface area contributed by atoms with E-state index in [1.54, 1.807) is 26.2 Å². The van der Waals surface area contributed by atoms with E-state index in [1.165, 1.54) is 0 Å². The molecule has 0 unspecified atom stereocenters. The largest absolute Gasteiger partial charge is 0.497 e. The van der Waals surface area contributed by atoms with Crippen LogP contribution in [0.25, 0.3) is 0 Å². The van der Waals surface area contributed by atoms with Crippen LogP contribution in [0.4, 0.5) is 5.69 Å². The minimum absolute atomic E-state index is 0.00870. The van der Waals surface area contributed by atoms with Crippen LogP contribution in [0.5, 0.6) is 17.2 Å². The Bertz CT molecular complexity index is 975. The molecule has 2 aromatic carbocycles. The van der Waals surface area contributed by atoms with E-state index in [-0.39, 0.29) is 17.7 Å². The molecule has 7 nitrogen and oxygen atoms in total. The second-order valence-electron chi connectivity index (χ2n) is 8.44. The topological polar surface area (TPSA) is 68.3 Å². The molecule has 184 valence electrons. The van der Waals surface area contributed by atoms with Gasteiger partial charge in [-0.25, -0.2) is 0 Å². The van der Waals surface area contributed by atoms with E-state index in [9.17, 15) is 9.59 Å². The van der Waals surface area contributed by atoms with E-state index in [2.05, 4.69) is 6.92 Å². The summed E-state index contributed by atoms with van der Waals surface area (Å²) in [7, 11) is 4.78. The standard InChI is InChI=1S/C27H36N2O5/c1-6-8-17-28(7-2)27(31)22-14-16-25(30)29(20-10-12-21(32-3)13-11-20)26(22)19-9-15-23(33-4)24(18-19)34-5/h9-13,15,18,22,26H,6-8,14,16-17H2,1-5H3/t22-,26+/m1/s1. The van der Waals surface area contributed by atoms with E-state index in [1.807, 2.05) is 54.3 Å². The minimum atomic E-state index is -0.461. The van der Waals surface area contributed by atoms with Crippen LogP contribution in [0, 0.1) is 5.92 Å². The molecule has 0 saturated carbocycles. The first kappa shape index (κ1) is 25.4. The molecular weight excluding hydrogens is 432 g/mol. The number of methoxy groups -OCH3 is 3. The van der Waals surface area contributed by atoms with Gasteiger partial charge in [0.15, 0.2) is 11.5 Å². The second kappa shape index (κ2) is 11.8. The van der Waals surface area contributed by atoms with Crippen LogP contribution in [-0.4, -0.2) is 51.1 Å². The third-order valence-electron chi connectivity index (χ3n) is 6.49. The molecule has 0 aliphatic carbocycles. The lowest BCUT2D eigenvalue weighted by molar-refractivity contribution is -0.138. The van der Waals surface area contributed by atoms with Crippen LogP contribution < -0.4 is 19.1 Å². The summed E-state index contributed by atoms with van der Waals surface area (Å²) in [6.07, 6.45) is 2.79. The summed E-state index contributed by atoms with van der Waals surface area (Å²) in [6, 6.07) is 12.6. The van der Waals surface area contributed by atoms with Gasteiger partial charge in [0.1, 0.15) is 5.75 Å². The van der Waals surface area contributed by atoms with Crippen molar-refractivity contribution in [3.8, 4) is 17.2 Å². The quantitative estimate of drug-likeness (QED) is 0.499. The van der Waals surface area contributed by atoms with Crippen molar-refractivity contribution in [2.45, 2.75) is 45.6 Å². The first-order valence-corrected chi connectivity index (χ1v) is 12.0. The van der Waals surface area contributed by atoms with Gasteiger partial charge in [-0.1, -0.05) is 19.4 Å². The van der Waals surface area contributed by atoms with Gasteiger partial charge >= 0.3 is 0 Å². The monoisotopic (exact) mass is 468 g/mol. The Morgan fingerprint density at radius 2 is 1.71 bits per heavy atom. The molecule has 1 aliphatic heterocycles. The van der Waals surface area contributed by atoms with Gasteiger partial charge in [0.25, 0.3) is 0 Å². The average Bonchev–Trinajstić information content (AvgIpc) is 2.88. The lowest BCUT2D eigenvalue weighted by atomic mass is 9.82. The highest BCUT2D eigenvalue weighted by Crippen LogP contribution is 2.43. The van der Waals surface area contributed by atoms with Crippen molar-refractivity contribution < 1.29 is 23.8 Å². The number of amides is 2. The first-order chi connectivity index (χ1) is 16.5. The highest BCUT2D eigenvalue weighted by Gasteiger charge is 2.43. The predicted octanol–water partition coefficient (Wildman–Crippen LogP) is 4.85. The molecule has 0 bridgehead atoms. The lowest BCUT2D eigenvalue weighted by Crippen LogP contribution is -2.49. The zero-order chi connectivity index (χ0) is 24.7. The maximum atomic E-state index is 13.8. The van der Waals surface area contributed by atoms with Gasteiger partial charge in [-0.2, -0.15) is 0 Å².